The molecule has 1 aromatic heterocycles. The number of nitrogens with one attached hydrogen (secondary N) is 1. The maximum absolute atomic E-state index is 5.87. The largest absolute Gasteiger partial charge is 0.493 e. The zero-order chi connectivity index (χ0) is 15.2. The maximum atomic E-state index is 5.87. The number of hydrogen-bond acceptors (Lipinski definition) is 4. The van der Waals surface area contributed by atoms with Crippen LogP contribution in [0.5, 0.6) is 11.5 Å². The first kappa shape index (κ1) is 16.3. The lowest BCUT2D eigenvalue weighted by Crippen LogP contribution is -2.17. The summed E-state index contributed by atoms with van der Waals surface area (Å²) in [7, 11) is 1.67. The minimum absolute atomic E-state index is 0.297. The molecule has 2 aromatic rings. The van der Waals surface area contributed by atoms with Gasteiger partial charge in [-0.3, -0.25) is 0 Å². The van der Waals surface area contributed by atoms with Gasteiger partial charge >= 0.3 is 0 Å². The van der Waals surface area contributed by atoms with Gasteiger partial charge in [-0.2, -0.15) is 0 Å². The average Bonchev–Trinajstić information content (AvgIpc) is 2.90. The summed E-state index contributed by atoms with van der Waals surface area (Å²) in [6.07, 6.45) is 0. The van der Waals surface area contributed by atoms with Gasteiger partial charge in [0, 0.05) is 10.9 Å². The number of thiophene rings is 1. The molecule has 21 heavy (non-hydrogen) atoms. The number of halogens is 1. The van der Waals surface area contributed by atoms with Gasteiger partial charge in [-0.1, -0.05) is 13.0 Å². The van der Waals surface area contributed by atoms with Crippen LogP contribution in [0, 0.1) is 0 Å². The third kappa shape index (κ3) is 4.46. The van der Waals surface area contributed by atoms with E-state index in [1.54, 1.807) is 18.4 Å². The van der Waals surface area contributed by atoms with Crippen molar-refractivity contribution in [3.63, 3.8) is 0 Å². The molecule has 2 rings (SSSR count). The van der Waals surface area contributed by atoms with Crippen LogP contribution in [0.2, 0.25) is 0 Å². The zero-order valence-electron chi connectivity index (χ0n) is 12.5. The Morgan fingerprint density at radius 2 is 2.05 bits per heavy atom. The Hall–Kier alpha value is -1.04. The van der Waals surface area contributed by atoms with Crippen molar-refractivity contribution in [3.8, 4) is 11.5 Å². The van der Waals surface area contributed by atoms with Crippen molar-refractivity contribution >= 4 is 27.3 Å². The highest BCUT2D eigenvalue weighted by molar-refractivity contribution is 9.11. The Labute approximate surface area is 138 Å². The van der Waals surface area contributed by atoms with Gasteiger partial charge in [-0.05, 0) is 59.2 Å². The van der Waals surface area contributed by atoms with Crippen LogP contribution in [-0.2, 0) is 6.61 Å². The molecule has 0 amide bonds. The molecule has 0 radical (unpaired) electrons. The van der Waals surface area contributed by atoms with Crippen molar-refractivity contribution in [1.82, 2.24) is 5.32 Å². The normalized spacial score (nSPS) is 12.2. The second kappa shape index (κ2) is 7.82. The van der Waals surface area contributed by atoms with Gasteiger partial charge in [0.25, 0.3) is 0 Å². The summed E-state index contributed by atoms with van der Waals surface area (Å²) in [5, 5.41) is 3.39. The Morgan fingerprint density at radius 3 is 2.67 bits per heavy atom. The van der Waals surface area contributed by atoms with E-state index in [2.05, 4.69) is 47.2 Å². The van der Waals surface area contributed by atoms with Crippen LogP contribution in [0.4, 0.5) is 0 Å². The minimum Gasteiger partial charge on any atom is -0.493 e. The van der Waals surface area contributed by atoms with Crippen LogP contribution < -0.4 is 14.8 Å². The van der Waals surface area contributed by atoms with Crippen molar-refractivity contribution < 1.29 is 9.47 Å². The topological polar surface area (TPSA) is 30.5 Å². The van der Waals surface area contributed by atoms with Crippen LogP contribution >= 0.6 is 27.3 Å². The van der Waals surface area contributed by atoms with Gasteiger partial charge in [-0.25, -0.2) is 0 Å². The van der Waals surface area contributed by atoms with Gasteiger partial charge in [0.2, 0.25) is 0 Å². The second-order valence-corrected chi connectivity index (χ2v) is 7.23. The van der Waals surface area contributed by atoms with E-state index in [9.17, 15) is 0 Å². The molecule has 1 N–H and O–H groups in total. The predicted octanol–water partition coefficient (Wildman–Crippen LogP) is 4.77. The zero-order valence-corrected chi connectivity index (χ0v) is 14.9. The smallest absolute Gasteiger partial charge is 0.161 e. The lowest BCUT2D eigenvalue weighted by Gasteiger charge is -2.16. The third-order valence-electron chi connectivity index (χ3n) is 3.20. The highest BCUT2D eigenvalue weighted by Crippen LogP contribution is 2.32. The van der Waals surface area contributed by atoms with Crippen LogP contribution in [-0.4, -0.2) is 13.7 Å². The Kier molecular flexibility index (Phi) is 6.08. The molecule has 0 spiro atoms. The SMILES string of the molecule is CCNC(C)c1ccc(OCc2ccc(Br)s2)c(OC)c1. The fourth-order valence-corrected chi connectivity index (χ4v) is 3.47. The summed E-state index contributed by atoms with van der Waals surface area (Å²) in [6, 6.07) is 10.5. The molecule has 5 heteroatoms. The van der Waals surface area contributed by atoms with E-state index in [4.69, 9.17) is 9.47 Å². The molecule has 0 bridgehead atoms. The highest BCUT2D eigenvalue weighted by Gasteiger charge is 2.10. The summed E-state index contributed by atoms with van der Waals surface area (Å²) in [5.41, 5.74) is 1.19. The summed E-state index contributed by atoms with van der Waals surface area (Å²) in [6.45, 7) is 5.73. The molecular formula is C16H20BrNO2S. The monoisotopic (exact) mass is 369 g/mol. The number of ether oxygens (including phenoxy) is 2. The van der Waals surface area contributed by atoms with E-state index in [-0.39, 0.29) is 0 Å². The molecule has 1 aromatic carbocycles. The first-order chi connectivity index (χ1) is 10.1. The highest BCUT2D eigenvalue weighted by atomic mass is 79.9. The lowest BCUT2D eigenvalue weighted by molar-refractivity contribution is 0.287. The van der Waals surface area contributed by atoms with Crippen LogP contribution in [0.25, 0.3) is 0 Å². The number of benzene rings is 1. The summed E-state index contributed by atoms with van der Waals surface area (Å²) >= 11 is 5.13. The standard InChI is InChI=1S/C16H20BrNO2S/c1-4-18-11(2)12-5-7-14(15(9-12)19-3)20-10-13-6-8-16(17)21-13/h5-9,11,18H,4,10H2,1-3H3. The van der Waals surface area contributed by atoms with E-state index >= 15 is 0 Å². The molecule has 0 aliphatic rings. The molecule has 0 saturated heterocycles. The van der Waals surface area contributed by atoms with E-state index in [0.29, 0.717) is 12.6 Å². The first-order valence-corrected chi connectivity index (χ1v) is 8.53. The van der Waals surface area contributed by atoms with Gasteiger partial charge < -0.3 is 14.8 Å². The Balaban J connectivity index is 2.08. The lowest BCUT2D eigenvalue weighted by atomic mass is 10.1. The van der Waals surface area contributed by atoms with Crippen molar-refractivity contribution in [2.45, 2.75) is 26.5 Å². The molecule has 114 valence electrons. The second-order valence-electron chi connectivity index (χ2n) is 4.68. The molecule has 1 unspecified atom stereocenters. The Morgan fingerprint density at radius 1 is 1.24 bits per heavy atom. The van der Waals surface area contributed by atoms with Gasteiger partial charge in [-0.15, -0.1) is 11.3 Å². The molecule has 0 aliphatic heterocycles. The molecular weight excluding hydrogens is 350 g/mol. The average molecular weight is 370 g/mol. The molecule has 0 fully saturated rings. The van der Waals surface area contributed by atoms with Crippen LogP contribution in [0.3, 0.4) is 0 Å². The summed E-state index contributed by atoms with van der Waals surface area (Å²) in [4.78, 5) is 1.18. The van der Waals surface area contributed by atoms with Gasteiger partial charge in [0.1, 0.15) is 6.61 Å². The number of hydrogen-bond donors (Lipinski definition) is 1. The quantitative estimate of drug-likeness (QED) is 0.762. The number of rotatable bonds is 7. The van der Waals surface area contributed by atoms with E-state index in [1.807, 2.05) is 18.2 Å². The molecule has 0 saturated carbocycles. The van der Waals surface area contributed by atoms with Crippen molar-refractivity contribution in [1.29, 1.82) is 0 Å². The van der Waals surface area contributed by atoms with Crippen molar-refractivity contribution in [2.24, 2.45) is 0 Å². The van der Waals surface area contributed by atoms with E-state index in [1.165, 1.54) is 10.4 Å². The predicted molar refractivity (Wildman–Crippen MR) is 91.4 cm³/mol. The van der Waals surface area contributed by atoms with Crippen LogP contribution in [0.1, 0.15) is 30.3 Å². The molecule has 1 heterocycles. The van der Waals surface area contributed by atoms with Gasteiger partial charge in [0.15, 0.2) is 11.5 Å². The summed E-state index contributed by atoms with van der Waals surface area (Å²) < 4.78 is 12.4. The van der Waals surface area contributed by atoms with Crippen molar-refractivity contribution in [2.75, 3.05) is 13.7 Å². The van der Waals surface area contributed by atoms with E-state index in [0.717, 1.165) is 21.8 Å². The van der Waals surface area contributed by atoms with Gasteiger partial charge in [0.05, 0.1) is 10.9 Å². The maximum Gasteiger partial charge on any atom is 0.161 e. The fourth-order valence-electron chi connectivity index (χ4n) is 2.07. The molecule has 3 nitrogen and oxygen atoms in total. The molecule has 1 atom stereocenters. The number of methoxy groups -OCH3 is 1. The summed E-state index contributed by atoms with van der Waals surface area (Å²) in [5.74, 6) is 1.54. The minimum atomic E-state index is 0.297. The molecule has 0 aliphatic carbocycles. The third-order valence-corrected chi connectivity index (χ3v) is 4.79. The first-order valence-electron chi connectivity index (χ1n) is 6.92. The van der Waals surface area contributed by atoms with Crippen molar-refractivity contribution in [3.05, 3.63) is 44.6 Å². The fraction of sp³-hybridized carbons (Fsp3) is 0.375. The van der Waals surface area contributed by atoms with Crippen LogP contribution in [0.15, 0.2) is 34.1 Å². The Bertz CT molecular complexity index is 585. The van der Waals surface area contributed by atoms with E-state index < -0.39 is 0 Å².